The Balaban J connectivity index is 1.17. The number of benzene rings is 4. The number of aryl methyl sites for hydroxylation is 1. The van der Waals surface area contributed by atoms with E-state index in [0.29, 0.717) is 30.2 Å². The molecule has 1 aliphatic carbocycles. The van der Waals surface area contributed by atoms with Crippen molar-refractivity contribution in [2.24, 2.45) is 0 Å². The first-order chi connectivity index (χ1) is 20.5. The van der Waals surface area contributed by atoms with Crippen molar-refractivity contribution in [1.82, 2.24) is 5.16 Å². The second-order valence-electron chi connectivity index (χ2n) is 10.7. The number of aliphatic hydroxyl groups is 1. The first-order valence-corrected chi connectivity index (χ1v) is 14.3. The topological polar surface area (TPSA) is 81.8 Å². The molecule has 6 nitrogen and oxygen atoms in total. The number of hydrogen-bond donors (Lipinski definition) is 1. The third kappa shape index (κ3) is 5.46. The molecular formula is C36H33NO5. The minimum Gasteiger partial charge on any atom is -0.489 e. The summed E-state index contributed by atoms with van der Waals surface area (Å²) in [5.74, 6) is 1.14. The highest BCUT2D eigenvalue weighted by atomic mass is 16.5. The average Bonchev–Trinajstić information content (AvgIpc) is 3.77. The summed E-state index contributed by atoms with van der Waals surface area (Å²) in [5, 5.41) is 15.5. The molecule has 212 valence electrons. The third-order valence-corrected chi connectivity index (χ3v) is 7.96. The van der Waals surface area contributed by atoms with Gasteiger partial charge in [0.1, 0.15) is 18.5 Å². The Morgan fingerprint density at radius 3 is 2.12 bits per heavy atom. The maximum absolute atomic E-state index is 12.5. The second kappa shape index (κ2) is 11.7. The Kier molecular flexibility index (Phi) is 7.64. The summed E-state index contributed by atoms with van der Waals surface area (Å²) >= 11 is 0. The minimum absolute atomic E-state index is 0.130. The Morgan fingerprint density at radius 1 is 0.881 bits per heavy atom. The Morgan fingerprint density at radius 2 is 1.50 bits per heavy atom. The number of nitrogens with zero attached hydrogens (tertiary/aromatic N) is 1. The van der Waals surface area contributed by atoms with E-state index >= 15 is 0 Å². The molecule has 6 heteroatoms. The van der Waals surface area contributed by atoms with E-state index in [1.807, 2.05) is 117 Å². The number of hydrogen-bond acceptors (Lipinski definition) is 6. The van der Waals surface area contributed by atoms with Crippen LogP contribution in [0.5, 0.6) is 5.75 Å². The SMILES string of the molecule is CCOC(=O)C1(c2ccc(-c3ccc(-c4onc(C)c4C(O)c4ccc(OCc5ccccc5)cc4)cc3)cc2)CC1. The van der Waals surface area contributed by atoms with Crippen LogP contribution in [0.2, 0.25) is 0 Å². The summed E-state index contributed by atoms with van der Waals surface area (Å²) in [6.45, 7) is 4.55. The molecule has 1 fully saturated rings. The standard InChI is InChI=1S/C36H33NO5/c1-3-40-35(39)36(21-22-36)30-17-13-27(14-18-30)26-9-11-29(12-10-26)34-32(24(2)37-42-34)33(38)28-15-19-31(20-16-28)41-23-25-7-5-4-6-8-25/h4-20,33,38H,3,21-23H2,1-2H3. The van der Waals surface area contributed by atoms with Gasteiger partial charge < -0.3 is 19.1 Å². The molecule has 0 bridgehead atoms. The van der Waals surface area contributed by atoms with Gasteiger partial charge in [-0.3, -0.25) is 4.79 Å². The van der Waals surface area contributed by atoms with Crippen LogP contribution in [0.3, 0.4) is 0 Å². The van der Waals surface area contributed by atoms with Crippen molar-refractivity contribution >= 4 is 5.97 Å². The molecule has 1 unspecified atom stereocenters. The highest BCUT2D eigenvalue weighted by Crippen LogP contribution is 2.49. The van der Waals surface area contributed by atoms with E-state index in [1.54, 1.807) is 0 Å². The Bertz CT molecular complexity index is 1650. The summed E-state index contributed by atoms with van der Waals surface area (Å²) in [6.07, 6.45) is 0.754. The molecule has 0 saturated heterocycles. The predicted octanol–water partition coefficient (Wildman–Crippen LogP) is 7.57. The second-order valence-corrected chi connectivity index (χ2v) is 10.7. The molecule has 42 heavy (non-hydrogen) atoms. The summed E-state index contributed by atoms with van der Waals surface area (Å²) in [4.78, 5) is 12.5. The fraction of sp³-hybridized carbons (Fsp3) is 0.222. The molecule has 0 spiro atoms. The summed E-state index contributed by atoms with van der Waals surface area (Å²) in [7, 11) is 0. The minimum atomic E-state index is -0.907. The van der Waals surface area contributed by atoms with E-state index in [-0.39, 0.29) is 5.97 Å². The maximum Gasteiger partial charge on any atom is 0.316 e. The van der Waals surface area contributed by atoms with Gasteiger partial charge in [0.2, 0.25) is 0 Å². The molecule has 1 aliphatic rings. The fourth-order valence-corrected chi connectivity index (χ4v) is 5.36. The highest BCUT2D eigenvalue weighted by Gasteiger charge is 2.52. The summed E-state index contributed by atoms with van der Waals surface area (Å²) in [5.41, 5.74) is 6.53. The molecule has 0 amide bonds. The number of aliphatic hydroxyl groups excluding tert-OH is 1. The van der Waals surface area contributed by atoms with Gasteiger partial charge in [-0.25, -0.2) is 0 Å². The predicted molar refractivity (Wildman–Crippen MR) is 161 cm³/mol. The monoisotopic (exact) mass is 559 g/mol. The maximum atomic E-state index is 12.5. The number of ether oxygens (including phenoxy) is 2. The van der Waals surface area contributed by atoms with E-state index < -0.39 is 11.5 Å². The average molecular weight is 560 g/mol. The van der Waals surface area contributed by atoms with Crippen LogP contribution in [0.15, 0.2) is 108 Å². The van der Waals surface area contributed by atoms with Gasteiger partial charge in [0, 0.05) is 5.56 Å². The van der Waals surface area contributed by atoms with Gasteiger partial charge in [-0.2, -0.15) is 0 Å². The zero-order valence-electron chi connectivity index (χ0n) is 23.7. The van der Waals surface area contributed by atoms with E-state index in [4.69, 9.17) is 14.0 Å². The lowest BCUT2D eigenvalue weighted by atomic mass is 9.93. The van der Waals surface area contributed by atoms with Crippen molar-refractivity contribution in [1.29, 1.82) is 0 Å². The molecule has 1 aromatic heterocycles. The zero-order chi connectivity index (χ0) is 29.1. The van der Waals surface area contributed by atoms with E-state index in [1.165, 1.54) is 0 Å². The van der Waals surface area contributed by atoms with Gasteiger partial charge in [0.25, 0.3) is 0 Å². The van der Waals surface area contributed by atoms with Crippen molar-refractivity contribution in [2.45, 2.75) is 44.8 Å². The number of carbonyl (C=O) groups is 1. The highest BCUT2D eigenvalue weighted by molar-refractivity contribution is 5.87. The fourth-order valence-electron chi connectivity index (χ4n) is 5.36. The normalized spacial score (nSPS) is 14.3. The third-order valence-electron chi connectivity index (χ3n) is 7.96. The van der Waals surface area contributed by atoms with Crippen molar-refractivity contribution in [3.8, 4) is 28.2 Å². The van der Waals surface area contributed by atoms with Crippen LogP contribution in [-0.2, 0) is 21.6 Å². The Labute approximate surface area is 245 Å². The van der Waals surface area contributed by atoms with Crippen LogP contribution >= 0.6 is 0 Å². The van der Waals surface area contributed by atoms with Crippen molar-refractivity contribution in [3.05, 3.63) is 131 Å². The molecular weight excluding hydrogens is 526 g/mol. The molecule has 5 aromatic rings. The van der Waals surface area contributed by atoms with Gasteiger partial charge in [-0.15, -0.1) is 0 Å². The zero-order valence-corrected chi connectivity index (χ0v) is 23.7. The molecule has 1 saturated carbocycles. The van der Waals surface area contributed by atoms with Crippen LogP contribution in [0.4, 0.5) is 0 Å². The van der Waals surface area contributed by atoms with Gasteiger partial charge in [-0.05, 0) is 66.6 Å². The van der Waals surface area contributed by atoms with Crippen molar-refractivity contribution in [2.75, 3.05) is 6.61 Å². The lowest BCUT2D eigenvalue weighted by molar-refractivity contribution is -0.146. The van der Waals surface area contributed by atoms with E-state index in [0.717, 1.165) is 52.0 Å². The lowest BCUT2D eigenvalue weighted by Gasteiger charge is -2.15. The van der Waals surface area contributed by atoms with Gasteiger partial charge in [-0.1, -0.05) is 96.2 Å². The van der Waals surface area contributed by atoms with E-state index in [2.05, 4.69) is 5.16 Å². The van der Waals surface area contributed by atoms with Crippen LogP contribution in [0.1, 0.15) is 53.8 Å². The number of carbonyl (C=O) groups excluding carboxylic acids is 1. The van der Waals surface area contributed by atoms with Crippen LogP contribution < -0.4 is 4.74 Å². The van der Waals surface area contributed by atoms with Crippen molar-refractivity contribution in [3.63, 3.8) is 0 Å². The van der Waals surface area contributed by atoms with Gasteiger partial charge in [0.05, 0.1) is 23.3 Å². The molecule has 4 aromatic carbocycles. The molecule has 6 rings (SSSR count). The van der Waals surface area contributed by atoms with Gasteiger partial charge >= 0.3 is 5.97 Å². The summed E-state index contributed by atoms with van der Waals surface area (Å²) < 4.78 is 16.9. The largest absolute Gasteiger partial charge is 0.489 e. The molecule has 1 heterocycles. The molecule has 1 atom stereocenters. The molecule has 0 radical (unpaired) electrons. The lowest BCUT2D eigenvalue weighted by Crippen LogP contribution is -2.23. The van der Waals surface area contributed by atoms with Crippen molar-refractivity contribution < 1.29 is 23.9 Å². The van der Waals surface area contributed by atoms with Crippen LogP contribution in [0.25, 0.3) is 22.5 Å². The number of aromatic nitrogens is 1. The van der Waals surface area contributed by atoms with Crippen LogP contribution in [-0.4, -0.2) is 22.8 Å². The van der Waals surface area contributed by atoms with Gasteiger partial charge in [0.15, 0.2) is 5.76 Å². The number of rotatable bonds is 10. The Hall–Kier alpha value is -4.68. The first kappa shape index (κ1) is 27.5. The smallest absolute Gasteiger partial charge is 0.316 e. The number of esters is 1. The molecule has 0 aliphatic heterocycles. The summed E-state index contributed by atoms with van der Waals surface area (Å²) in [6, 6.07) is 33.6. The first-order valence-electron chi connectivity index (χ1n) is 14.3. The van der Waals surface area contributed by atoms with Crippen LogP contribution in [0, 0.1) is 6.92 Å². The quantitative estimate of drug-likeness (QED) is 0.178. The van der Waals surface area contributed by atoms with E-state index in [9.17, 15) is 9.90 Å². The molecule has 1 N–H and O–H groups in total.